The van der Waals surface area contributed by atoms with Gasteiger partial charge in [0.2, 0.25) is 0 Å². The number of fused-ring (bicyclic) bond motifs is 1. The van der Waals surface area contributed by atoms with Crippen LogP contribution in [-0.2, 0) is 39.2 Å². The fraction of sp³-hybridized carbons (Fsp3) is 0.600. The maximum absolute atomic E-state index is 12.6. The summed E-state index contributed by atoms with van der Waals surface area (Å²) in [5, 5.41) is 70.8. The first-order chi connectivity index (χ1) is 19.5. The molecule has 2 saturated heterocycles. The Hall–Kier alpha value is -1.52. The molecule has 0 amide bonds. The minimum absolute atomic E-state index is 0.00229. The van der Waals surface area contributed by atoms with Crippen LogP contribution in [0.15, 0.2) is 29.7 Å². The van der Waals surface area contributed by atoms with Gasteiger partial charge >= 0.3 is 14.5 Å². The summed E-state index contributed by atoms with van der Waals surface area (Å²) in [6, 6.07) is 0. The van der Waals surface area contributed by atoms with Crippen molar-refractivity contribution in [3.05, 3.63) is 30.8 Å². The average molecular weight is 661 g/mol. The van der Waals surface area contributed by atoms with E-state index in [1.165, 1.54) is 6.26 Å². The third-order valence-electron chi connectivity index (χ3n) is 6.59. The Morgan fingerprint density at radius 1 is 1.19 bits per heavy atom. The van der Waals surface area contributed by atoms with Crippen molar-refractivity contribution in [1.29, 1.82) is 0 Å². The zero-order valence-electron chi connectivity index (χ0n) is 21.2. The molecule has 2 aromatic heterocycles. The van der Waals surface area contributed by atoms with Crippen LogP contribution in [-0.4, -0.2) is 123 Å². The number of hydrogen-bond acceptors (Lipinski definition) is 18. The first kappa shape index (κ1) is 33.4. The minimum Gasteiger partial charge on any atom is -0.458 e. The van der Waals surface area contributed by atoms with Crippen LogP contribution in [0.4, 0.5) is 5.82 Å². The van der Waals surface area contributed by atoms with Crippen LogP contribution in [0, 0.1) is 0 Å². The fourth-order valence-corrected chi connectivity index (χ4v) is 7.52. The largest absolute Gasteiger partial charge is 0.481 e. The molecule has 0 radical (unpaired) electrons. The molecule has 11 N–H and O–H groups in total. The van der Waals surface area contributed by atoms with Crippen molar-refractivity contribution in [2.75, 3.05) is 18.9 Å². The second-order valence-electron chi connectivity index (χ2n) is 9.33. The molecule has 0 saturated carbocycles. The number of aliphatic hydroxyl groups is 7. The number of nitrogen functional groups attached to an aromatic ring is 1. The van der Waals surface area contributed by atoms with Crippen molar-refractivity contribution in [2.45, 2.75) is 60.7 Å². The molecule has 12 atom stereocenters. The van der Waals surface area contributed by atoms with E-state index in [1.807, 2.05) is 0 Å². The van der Waals surface area contributed by atoms with E-state index in [-0.39, 0.29) is 22.5 Å². The first-order valence-electron chi connectivity index (χ1n) is 11.9. The maximum atomic E-state index is 12.6. The fourth-order valence-electron chi connectivity index (χ4n) is 4.42. The van der Waals surface area contributed by atoms with Gasteiger partial charge in [0.1, 0.15) is 66.3 Å². The first-order valence-corrected chi connectivity index (χ1v) is 16.0. The Morgan fingerprint density at radius 2 is 1.88 bits per heavy atom. The molecule has 2 aliphatic rings. The molecule has 2 aromatic rings. The van der Waals surface area contributed by atoms with Gasteiger partial charge in [0, 0.05) is 5.56 Å². The lowest BCUT2D eigenvalue weighted by Gasteiger charge is -2.41. The number of rotatable bonds is 11. The number of ether oxygens (including phenoxy) is 2. The maximum Gasteiger partial charge on any atom is 0.481 e. The number of phosphoric acid groups is 1. The van der Waals surface area contributed by atoms with Gasteiger partial charge in [-0.2, -0.15) is 0 Å². The number of phosphoric ester groups is 1. The number of aliphatic hydroxyl groups excluding tert-OH is 6. The molecule has 2 fully saturated rings. The highest BCUT2D eigenvalue weighted by molar-refractivity contribution is 8.08. The summed E-state index contributed by atoms with van der Waals surface area (Å²) in [5.41, 5.74) is 4.01. The van der Waals surface area contributed by atoms with E-state index in [1.54, 1.807) is 0 Å². The summed E-state index contributed by atoms with van der Waals surface area (Å²) in [4.78, 5) is 28.4. The smallest absolute Gasteiger partial charge is 0.458 e. The summed E-state index contributed by atoms with van der Waals surface area (Å²) in [6.45, 7) is -2.97. The Kier molecular flexibility index (Phi) is 9.91. The number of aromatic nitrogens is 2. The van der Waals surface area contributed by atoms with Crippen LogP contribution >= 0.6 is 14.5 Å². The minimum atomic E-state index is -5.48. The summed E-state index contributed by atoms with van der Waals surface area (Å²) in [7, 11) is -5.48. The van der Waals surface area contributed by atoms with Crippen molar-refractivity contribution < 1.29 is 77.3 Å². The van der Waals surface area contributed by atoms with Gasteiger partial charge < -0.3 is 69.7 Å². The quantitative estimate of drug-likeness (QED) is 0.0850. The molecule has 4 heterocycles. The Balaban J connectivity index is 1.44. The van der Waals surface area contributed by atoms with Gasteiger partial charge in [-0.15, -0.1) is 6.58 Å². The van der Waals surface area contributed by atoms with Gasteiger partial charge in [-0.25, -0.2) is 18.8 Å². The van der Waals surface area contributed by atoms with E-state index in [9.17, 15) is 45.0 Å². The van der Waals surface area contributed by atoms with Crippen LogP contribution < -0.4 is 5.73 Å². The van der Waals surface area contributed by atoms with Crippen molar-refractivity contribution in [1.82, 2.24) is 9.97 Å². The highest BCUT2D eigenvalue weighted by Crippen LogP contribution is 2.62. The molecule has 2 aliphatic heterocycles. The molecule has 42 heavy (non-hydrogen) atoms. The molecule has 0 aliphatic carbocycles. The standard InChI is InChI=1S/C20H29N3O16P2S/c1-2-20(30)16(29)9(36-17(20)7-4-34-15-10(7)22-6-23-18(15)21)5-35-41(33,42)39-40(31,32)38-19-13(28)11(26)12(27)14(37-19)8(25)3-24/h2,4,6,8-9,11-14,16-17,19,24-30H,1,3,5H2,(H,31,32)(H,33,42)(H2,21,22,23)/t8-,9+,11?,12?,13?,14?,16+,17-,19?,20+,41?/m0/s1. The van der Waals surface area contributed by atoms with E-state index in [0.29, 0.717) is 0 Å². The third kappa shape index (κ3) is 6.46. The van der Waals surface area contributed by atoms with Gasteiger partial charge in [0.25, 0.3) is 0 Å². The van der Waals surface area contributed by atoms with E-state index >= 15 is 0 Å². The molecule has 19 nitrogen and oxygen atoms in total. The number of furan rings is 1. The topological polar surface area (TPSA) is 310 Å². The highest BCUT2D eigenvalue weighted by atomic mass is 32.5. The number of hydrogen-bond donors (Lipinski definition) is 10. The number of nitrogens with two attached hydrogens (primary N) is 1. The monoisotopic (exact) mass is 661 g/mol. The predicted octanol–water partition coefficient (Wildman–Crippen LogP) is -2.95. The van der Waals surface area contributed by atoms with Crippen LogP contribution in [0.2, 0.25) is 0 Å². The van der Waals surface area contributed by atoms with Crippen molar-refractivity contribution in [3.63, 3.8) is 0 Å². The number of anilines is 1. The Bertz CT molecular complexity index is 1380. The van der Waals surface area contributed by atoms with E-state index in [2.05, 4.69) is 25.4 Å². The summed E-state index contributed by atoms with van der Waals surface area (Å²) >= 11 is 4.74. The summed E-state index contributed by atoms with van der Waals surface area (Å²) < 4.78 is 42.9. The van der Waals surface area contributed by atoms with Crippen molar-refractivity contribution in [2.24, 2.45) is 0 Å². The molecular formula is C20H29N3O16P2S. The van der Waals surface area contributed by atoms with E-state index in [4.69, 9.17) is 41.1 Å². The van der Waals surface area contributed by atoms with Gasteiger partial charge in [-0.3, -0.25) is 4.52 Å². The van der Waals surface area contributed by atoms with Gasteiger partial charge in [0.15, 0.2) is 17.7 Å². The Morgan fingerprint density at radius 3 is 2.52 bits per heavy atom. The second-order valence-corrected chi connectivity index (χ2v) is 13.7. The van der Waals surface area contributed by atoms with Crippen LogP contribution in [0.25, 0.3) is 11.1 Å². The van der Waals surface area contributed by atoms with Crippen LogP contribution in [0.3, 0.4) is 0 Å². The van der Waals surface area contributed by atoms with Crippen molar-refractivity contribution in [3.8, 4) is 0 Å². The SMILES string of the molecule is C=C[C@@]1(O)[C@H](O)[C@@H](COP(O)(=S)OP(=O)(O)OC2OC([C@@H](O)CO)C(O)C(O)C2O)O[C@H]1c1coc2c(N)ncnc12. The molecule has 236 valence electrons. The summed E-state index contributed by atoms with van der Waals surface area (Å²) in [6.07, 6.45) is -13.2. The van der Waals surface area contributed by atoms with E-state index in [0.717, 1.165) is 12.4 Å². The van der Waals surface area contributed by atoms with Gasteiger partial charge in [-0.1, -0.05) is 6.08 Å². The molecule has 0 spiro atoms. The van der Waals surface area contributed by atoms with Crippen molar-refractivity contribution >= 4 is 43.3 Å². The van der Waals surface area contributed by atoms with Gasteiger partial charge in [-0.05, 0) is 11.8 Å². The summed E-state index contributed by atoms with van der Waals surface area (Å²) in [5.74, 6) is -0.00229. The van der Waals surface area contributed by atoms with Crippen LogP contribution in [0.1, 0.15) is 11.7 Å². The number of nitrogens with zero attached hydrogens (tertiary/aromatic N) is 2. The molecule has 4 rings (SSSR count). The predicted molar refractivity (Wildman–Crippen MR) is 139 cm³/mol. The lowest BCUT2D eigenvalue weighted by molar-refractivity contribution is -0.292. The zero-order chi connectivity index (χ0) is 31.2. The normalized spacial score (nSPS) is 37.3. The zero-order valence-corrected chi connectivity index (χ0v) is 23.8. The molecule has 22 heteroatoms. The molecule has 0 aromatic carbocycles. The molecule has 0 bridgehead atoms. The third-order valence-corrected chi connectivity index (χ3v) is 10.1. The highest BCUT2D eigenvalue weighted by Gasteiger charge is 2.56. The Labute approximate surface area is 241 Å². The molecular weight excluding hydrogens is 632 g/mol. The van der Waals surface area contributed by atoms with E-state index < -0.39 is 88.5 Å². The second kappa shape index (κ2) is 12.5. The lowest BCUT2D eigenvalue weighted by atomic mass is 9.87. The average Bonchev–Trinajstić information content (AvgIpc) is 3.46. The van der Waals surface area contributed by atoms with Gasteiger partial charge in [0.05, 0.1) is 19.5 Å². The molecule has 7 unspecified atom stereocenters. The van der Waals surface area contributed by atoms with Crippen LogP contribution in [0.5, 0.6) is 0 Å². The lowest BCUT2D eigenvalue weighted by Crippen LogP contribution is -2.61.